The van der Waals surface area contributed by atoms with Gasteiger partial charge in [-0.25, -0.2) is 0 Å². The molecule has 154 valence electrons. The lowest BCUT2D eigenvalue weighted by Gasteiger charge is -2.11. The number of nitrogens with zero attached hydrogens (tertiary/aromatic N) is 4. The van der Waals surface area contributed by atoms with Crippen molar-refractivity contribution in [2.75, 3.05) is 11.1 Å². The number of thiophene rings is 1. The number of halogens is 1. The summed E-state index contributed by atoms with van der Waals surface area (Å²) in [6.45, 7) is 6.40. The molecule has 0 saturated heterocycles. The van der Waals surface area contributed by atoms with E-state index >= 15 is 0 Å². The van der Waals surface area contributed by atoms with E-state index in [4.69, 9.17) is 21.6 Å². The summed E-state index contributed by atoms with van der Waals surface area (Å²) in [7, 11) is 0. The quantitative estimate of drug-likeness (QED) is 0.369. The van der Waals surface area contributed by atoms with Gasteiger partial charge in [0.05, 0.1) is 11.3 Å². The third kappa shape index (κ3) is 5.42. The predicted molar refractivity (Wildman–Crippen MR) is 119 cm³/mol. The number of ether oxygens (including phenoxy) is 1. The molecule has 0 atom stereocenters. The minimum Gasteiger partial charge on any atom is -0.485 e. The maximum Gasteiger partial charge on any atom is 0.235 e. The highest BCUT2D eigenvalue weighted by Crippen LogP contribution is 2.25. The van der Waals surface area contributed by atoms with E-state index in [9.17, 15) is 4.79 Å². The number of nitrogens with one attached hydrogen (secondary N) is 1. The molecule has 0 aliphatic carbocycles. The number of rotatable bonds is 9. The van der Waals surface area contributed by atoms with E-state index in [1.54, 1.807) is 23.6 Å². The van der Waals surface area contributed by atoms with Crippen LogP contribution in [0.25, 0.3) is 0 Å². The molecule has 2 heterocycles. The number of carbonyl (C=O) groups is 1. The number of hydrogen-bond acceptors (Lipinski definition) is 7. The minimum absolute atomic E-state index is 0.134. The Hall–Kier alpha value is -2.80. The van der Waals surface area contributed by atoms with Crippen LogP contribution >= 0.6 is 34.7 Å². The van der Waals surface area contributed by atoms with Crippen molar-refractivity contribution in [1.29, 1.82) is 5.26 Å². The topological polar surface area (TPSA) is 92.8 Å². The first-order valence-electron chi connectivity index (χ1n) is 8.84. The average molecular weight is 460 g/mol. The molecule has 1 amide bonds. The van der Waals surface area contributed by atoms with Gasteiger partial charge in [-0.3, -0.25) is 9.36 Å². The van der Waals surface area contributed by atoms with Crippen molar-refractivity contribution in [2.45, 2.75) is 25.2 Å². The second-order valence-corrected chi connectivity index (χ2v) is 8.40. The van der Waals surface area contributed by atoms with Gasteiger partial charge in [-0.15, -0.1) is 28.1 Å². The lowest BCUT2D eigenvalue weighted by atomic mass is 10.2. The van der Waals surface area contributed by atoms with E-state index in [0.717, 1.165) is 5.56 Å². The molecule has 0 aliphatic heterocycles. The van der Waals surface area contributed by atoms with E-state index in [-0.39, 0.29) is 18.3 Å². The number of benzene rings is 1. The third-order valence-electron chi connectivity index (χ3n) is 3.97. The van der Waals surface area contributed by atoms with Crippen molar-refractivity contribution < 1.29 is 9.53 Å². The van der Waals surface area contributed by atoms with Gasteiger partial charge >= 0.3 is 0 Å². The molecule has 7 nitrogen and oxygen atoms in total. The van der Waals surface area contributed by atoms with Gasteiger partial charge in [0.25, 0.3) is 0 Å². The summed E-state index contributed by atoms with van der Waals surface area (Å²) < 4.78 is 7.71. The molecular weight excluding hydrogens is 442 g/mol. The first-order valence-corrected chi connectivity index (χ1v) is 11.1. The molecule has 0 bridgehead atoms. The van der Waals surface area contributed by atoms with Crippen LogP contribution in [0.15, 0.2) is 47.5 Å². The van der Waals surface area contributed by atoms with E-state index in [1.807, 2.05) is 29.7 Å². The van der Waals surface area contributed by atoms with Crippen LogP contribution in [-0.4, -0.2) is 26.4 Å². The van der Waals surface area contributed by atoms with Gasteiger partial charge in [0.1, 0.15) is 23.4 Å². The molecule has 3 rings (SSSR count). The number of amides is 1. The normalized spacial score (nSPS) is 10.4. The molecule has 1 aromatic carbocycles. The molecule has 0 unspecified atom stereocenters. The summed E-state index contributed by atoms with van der Waals surface area (Å²) >= 11 is 8.55. The fourth-order valence-corrected chi connectivity index (χ4v) is 4.30. The fraction of sp³-hybridized carbons (Fsp3) is 0.200. The molecule has 1 N–H and O–H groups in total. The lowest BCUT2D eigenvalue weighted by molar-refractivity contribution is -0.113. The first-order chi connectivity index (χ1) is 14.5. The van der Waals surface area contributed by atoms with Crippen molar-refractivity contribution in [3.63, 3.8) is 0 Å². The number of thioether (sulfide) groups is 1. The van der Waals surface area contributed by atoms with Crippen molar-refractivity contribution in [1.82, 2.24) is 14.8 Å². The van der Waals surface area contributed by atoms with Gasteiger partial charge in [0.15, 0.2) is 11.0 Å². The molecule has 2 aromatic heterocycles. The van der Waals surface area contributed by atoms with E-state index in [0.29, 0.717) is 38.9 Å². The summed E-state index contributed by atoms with van der Waals surface area (Å²) in [5, 5.41) is 23.7. The molecule has 10 heteroatoms. The van der Waals surface area contributed by atoms with Crippen LogP contribution in [0.4, 0.5) is 5.00 Å². The molecular formula is C20H18ClN5O2S2. The predicted octanol–water partition coefficient (Wildman–Crippen LogP) is 4.67. The van der Waals surface area contributed by atoms with Gasteiger partial charge < -0.3 is 10.1 Å². The van der Waals surface area contributed by atoms with E-state index in [1.165, 1.54) is 23.1 Å². The van der Waals surface area contributed by atoms with Crippen molar-refractivity contribution >= 4 is 45.6 Å². The number of anilines is 1. The second kappa shape index (κ2) is 10.3. The highest BCUT2D eigenvalue weighted by atomic mass is 35.5. The third-order valence-corrected chi connectivity index (χ3v) is 6.00. The van der Waals surface area contributed by atoms with Crippen LogP contribution < -0.4 is 10.1 Å². The maximum atomic E-state index is 12.3. The number of carbonyl (C=O) groups excluding carboxylic acids is 1. The van der Waals surface area contributed by atoms with Gasteiger partial charge in [0.2, 0.25) is 5.91 Å². The van der Waals surface area contributed by atoms with Crippen molar-refractivity contribution in [2.24, 2.45) is 0 Å². The van der Waals surface area contributed by atoms with Crippen molar-refractivity contribution in [3.8, 4) is 11.8 Å². The first kappa shape index (κ1) is 21.9. The van der Waals surface area contributed by atoms with Gasteiger partial charge in [-0.05, 0) is 42.1 Å². The van der Waals surface area contributed by atoms with E-state index in [2.05, 4.69) is 22.1 Å². The highest BCUT2D eigenvalue weighted by molar-refractivity contribution is 7.99. The Labute approximate surface area is 187 Å². The van der Waals surface area contributed by atoms with Crippen LogP contribution in [0.3, 0.4) is 0 Å². The van der Waals surface area contributed by atoms with Gasteiger partial charge in [0, 0.05) is 11.6 Å². The van der Waals surface area contributed by atoms with Crippen LogP contribution in [0.1, 0.15) is 17.0 Å². The van der Waals surface area contributed by atoms with Crippen LogP contribution in [0.5, 0.6) is 5.75 Å². The SMILES string of the molecule is C=CCn1c(COc2ccc(Cl)cc2C)nnc1SCC(=O)Nc1sccc1C#N. The molecule has 0 spiro atoms. The summed E-state index contributed by atoms with van der Waals surface area (Å²) in [5.74, 6) is 1.25. The Morgan fingerprint density at radius 3 is 3.03 bits per heavy atom. The largest absolute Gasteiger partial charge is 0.485 e. The summed E-state index contributed by atoms with van der Waals surface area (Å²) in [6.07, 6.45) is 1.73. The Balaban J connectivity index is 1.64. The second-order valence-electron chi connectivity index (χ2n) is 6.11. The van der Waals surface area contributed by atoms with Crippen LogP contribution in [0, 0.1) is 18.3 Å². The summed E-state index contributed by atoms with van der Waals surface area (Å²) in [6, 6.07) is 9.13. The average Bonchev–Trinajstić information content (AvgIpc) is 3.32. The zero-order chi connectivity index (χ0) is 21.5. The summed E-state index contributed by atoms with van der Waals surface area (Å²) in [4.78, 5) is 12.3. The number of nitriles is 1. The monoisotopic (exact) mass is 459 g/mol. The number of allylic oxidation sites excluding steroid dienone is 1. The van der Waals surface area contributed by atoms with Gasteiger partial charge in [-0.1, -0.05) is 29.4 Å². The summed E-state index contributed by atoms with van der Waals surface area (Å²) in [5.41, 5.74) is 1.37. The smallest absolute Gasteiger partial charge is 0.235 e. The molecule has 0 aliphatic rings. The maximum absolute atomic E-state index is 12.3. The Bertz CT molecular complexity index is 1100. The molecule has 0 radical (unpaired) electrons. The van der Waals surface area contributed by atoms with Crippen molar-refractivity contribution in [3.05, 3.63) is 64.3 Å². The fourth-order valence-electron chi connectivity index (χ4n) is 2.55. The lowest BCUT2D eigenvalue weighted by Crippen LogP contribution is -2.14. The molecule has 3 aromatic rings. The Morgan fingerprint density at radius 2 is 2.30 bits per heavy atom. The Kier molecular flexibility index (Phi) is 7.52. The highest BCUT2D eigenvalue weighted by Gasteiger charge is 2.15. The van der Waals surface area contributed by atoms with Crippen LogP contribution in [0.2, 0.25) is 5.02 Å². The van der Waals surface area contributed by atoms with Gasteiger partial charge in [-0.2, -0.15) is 5.26 Å². The minimum atomic E-state index is -0.221. The molecule has 0 fully saturated rings. The number of aryl methyl sites for hydroxylation is 1. The number of hydrogen-bond donors (Lipinski definition) is 1. The Morgan fingerprint density at radius 1 is 1.47 bits per heavy atom. The zero-order valence-electron chi connectivity index (χ0n) is 16.1. The molecule has 30 heavy (non-hydrogen) atoms. The zero-order valence-corrected chi connectivity index (χ0v) is 18.5. The standard InChI is InChI=1S/C20H18ClN5O2S2/c1-3-7-26-17(11-28-16-5-4-15(21)9-13(16)2)24-25-20(26)30-12-18(27)23-19-14(10-22)6-8-29-19/h3-6,8-9H,1,7,11-12H2,2H3,(H,23,27). The van der Waals surface area contributed by atoms with Crippen LogP contribution in [-0.2, 0) is 17.9 Å². The number of aromatic nitrogens is 3. The van der Waals surface area contributed by atoms with E-state index < -0.39 is 0 Å². The molecule has 0 saturated carbocycles.